The molecule has 1 saturated heterocycles. The highest BCUT2D eigenvalue weighted by atomic mass is 35.5. The van der Waals surface area contributed by atoms with Crippen LogP contribution in [0.1, 0.15) is 11.1 Å². The molecule has 2 aromatic carbocycles. The highest BCUT2D eigenvalue weighted by Crippen LogP contribution is 2.20. The van der Waals surface area contributed by atoms with E-state index in [1.54, 1.807) is 6.07 Å². The number of urea groups is 1. The monoisotopic (exact) mass is 357 g/mol. The van der Waals surface area contributed by atoms with E-state index in [1.165, 1.54) is 5.56 Å². The lowest BCUT2D eigenvalue weighted by atomic mass is 10.1. The summed E-state index contributed by atoms with van der Waals surface area (Å²) < 4.78 is 0. The predicted octanol–water partition coefficient (Wildman–Crippen LogP) is 4.04. The number of aryl methyl sites for hydroxylation is 1. The Hall–Kier alpha value is -2.04. The van der Waals surface area contributed by atoms with Crippen molar-refractivity contribution in [2.75, 3.05) is 38.0 Å². The molecular formula is C20H24ClN3O. The number of halogens is 1. The number of anilines is 1. The van der Waals surface area contributed by atoms with Gasteiger partial charge in [0.05, 0.1) is 0 Å². The number of nitrogens with one attached hydrogen (secondary N) is 1. The van der Waals surface area contributed by atoms with Gasteiger partial charge in [-0.25, -0.2) is 4.79 Å². The molecule has 25 heavy (non-hydrogen) atoms. The molecule has 0 aliphatic carbocycles. The van der Waals surface area contributed by atoms with Crippen molar-refractivity contribution >= 4 is 23.3 Å². The molecule has 0 radical (unpaired) electrons. The van der Waals surface area contributed by atoms with Gasteiger partial charge in [0, 0.05) is 43.4 Å². The number of piperazine rings is 1. The van der Waals surface area contributed by atoms with E-state index in [2.05, 4.69) is 34.5 Å². The smallest absolute Gasteiger partial charge is 0.321 e. The molecule has 3 rings (SSSR count). The summed E-state index contributed by atoms with van der Waals surface area (Å²) >= 11 is 5.96. The second kappa shape index (κ2) is 8.37. The van der Waals surface area contributed by atoms with Gasteiger partial charge < -0.3 is 10.2 Å². The van der Waals surface area contributed by atoms with Gasteiger partial charge in [-0.3, -0.25) is 4.90 Å². The summed E-state index contributed by atoms with van der Waals surface area (Å²) in [5.74, 6) is 0. The molecule has 0 atom stereocenters. The number of carbonyl (C=O) groups is 1. The number of nitrogens with zero attached hydrogens (tertiary/aromatic N) is 2. The van der Waals surface area contributed by atoms with Gasteiger partial charge in [-0.2, -0.15) is 0 Å². The average molecular weight is 358 g/mol. The van der Waals surface area contributed by atoms with Crippen molar-refractivity contribution in [2.24, 2.45) is 0 Å². The minimum Gasteiger partial charge on any atom is -0.322 e. The first-order valence-corrected chi connectivity index (χ1v) is 9.08. The number of hydrogen-bond acceptors (Lipinski definition) is 2. The summed E-state index contributed by atoms with van der Waals surface area (Å²) in [6.45, 7) is 6.33. The standard InChI is InChI=1S/C20H24ClN3O/c1-16-15-18(21)7-8-19(16)22-20(25)24-13-11-23(12-14-24)10-9-17-5-3-2-4-6-17/h2-8,15H,9-14H2,1H3,(H,22,25). The van der Waals surface area contributed by atoms with E-state index >= 15 is 0 Å². The van der Waals surface area contributed by atoms with E-state index in [-0.39, 0.29) is 6.03 Å². The highest BCUT2D eigenvalue weighted by molar-refractivity contribution is 6.30. The zero-order chi connectivity index (χ0) is 17.6. The normalized spacial score (nSPS) is 15.2. The van der Waals surface area contributed by atoms with E-state index in [0.717, 1.165) is 50.4 Å². The molecule has 1 heterocycles. The molecule has 5 heteroatoms. The van der Waals surface area contributed by atoms with E-state index in [9.17, 15) is 4.79 Å². The molecule has 1 fully saturated rings. The molecule has 1 aliphatic heterocycles. The fourth-order valence-corrected chi connectivity index (χ4v) is 3.29. The molecule has 0 aromatic heterocycles. The van der Waals surface area contributed by atoms with Gasteiger partial charge in [-0.15, -0.1) is 0 Å². The van der Waals surface area contributed by atoms with Crippen molar-refractivity contribution < 1.29 is 4.79 Å². The van der Waals surface area contributed by atoms with Gasteiger partial charge in [0.2, 0.25) is 0 Å². The SMILES string of the molecule is Cc1cc(Cl)ccc1NC(=O)N1CCN(CCc2ccccc2)CC1. The summed E-state index contributed by atoms with van der Waals surface area (Å²) in [5.41, 5.74) is 3.16. The first-order valence-electron chi connectivity index (χ1n) is 8.70. The van der Waals surface area contributed by atoms with Crippen LogP contribution in [0.2, 0.25) is 5.02 Å². The van der Waals surface area contributed by atoms with Crippen LogP contribution >= 0.6 is 11.6 Å². The maximum Gasteiger partial charge on any atom is 0.321 e. The van der Waals surface area contributed by atoms with Crippen molar-refractivity contribution in [3.63, 3.8) is 0 Å². The lowest BCUT2D eigenvalue weighted by Gasteiger charge is -2.34. The fourth-order valence-electron chi connectivity index (χ4n) is 3.07. The van der Waals surface area contributed by atoms with Crippen molar-refractivity contribution in [1.29, 1.82) is 0 Å². The van der Waals surface area contributed by atoms with E-state index in [4.69, 9.17) is 11.6 Å². The summed E-state index contributed by atoms with van der Waals surface area (Å²) in [4.78, 5) is 16.8. The Morgan fingerprint density at radius 3 is 2.48 bits per heavy atom. The second-order valence-electron chi connectivity index (χ2n) is 6.45. The van der Waals surface area contributed by atoms with E-state index < -0.39 is 0 Å². The number of benzene rings is 2. The van der Waals surface area contributed by atoms with Crippen LogP contribution in [0.3, 0.4) is 0 Å². The molecular weight excluding hydrogens is 334 g/mol. The summed E-state index contributed by atoms with van der Waals surface area (Å²) in [6.07, 6.45) is 1.05. The van der Waals surface area contributed by atoms with Gasteiger partial charge in [0.25, 0.3) is 0 Å². The molecule has 0 spiro atoms. The van der Waals surface area contributed by atoms with Crippen LogP contribution < -0.4 is 5.32 Å². The molecule has 0 saturated carbocycles. The van der Waals surface area contributed by atoms with Crippen molar-refractivity contribution in [1.82, 2.24) is 9.80 Å². The molecule has 2 aromatic rings. The second-order valence-corrected chi connectivity index (χ2v) is 6.89. The van der Waals surface area contributed by atoms with Crippen LogP contribution in [-0.4, -0.2) is 48.6 Å². The van der Waals surface area contributed by atoms with Gasteiger partial charge in [-0.05, 0) is 42.7 Å². The van der Waals surface area contributed by atoms with Crippen molar-refractivity contribution in [3.05, 3.63) is 64.7 Å². The number of amides is 2. The predicted molar refractivity (Wildman–Crippen MR) is 103 cm³/mol. The third kappa shape index (κ3) is 4.97. The Bertz CT molecular complexity index is 712. The van der Waals surface area contributed by atoms with E-state index in [0.29, 0.717) is 5.02 Å². The van der Waals surface area contributed by atoms with Crippen LogP contribution in [-0.2, 0) is 6.42 Å². The molecule has 132 valence electrons. The van der Waals surface area contributed by atoms with E-state index in [1.807, 2.05) is 30.0 Å². The van der Waals surface area contributed by atoms with Gasteiger partial charge in [0.15, 0.2) is 0 Å². The zero-order valence-electron chi connectivity index (χ0n) is 14.5. The minimum atomic E-state index is -0.0341. The zero-order valence-corrected chi connectivity index (χ0v) is 15.3. The Balaban J connectivity index is 1.46. The Morgan fingerprint density at radius 2 is 1.80 bits per heavy atom. The molecule has 1 aliphatic rings. The molecule has 2 amide bonds. The maximum atomic E-state index is 12.5. The third-order valence-electron chi connectivity index (χ3n) is 4.65. The van der Waals surface area contributed by atoms with Crippen LogP contribution in [0, 0.1) is 6.92 Å². The lowest BCUT2D eigenvalue weighted by molar-refractivity contribution is 0.148. The van der Waals surface area contributed by atoms with Gasteiger partial charge in [0.1, 0.15) is 0 Å². The largest absolute Gasteiger partial charge is 0.322 e. The van der Waals surface area contributed by atoms with Crippen LogP contribution in [0.25, 0.3) is 0 Å². The Kier molecular flexibility index (Phi) is 5.95. The number of carbonyl (C=O) groups excluding carboxylic acids is 1. The summed E-state index contributed by atoms with van der Waals surface area (Å²) in [6, 6.07) is 16.0. The minimum absolute atomic E-state index is 0.0341. The highest BCUT2D eigenvalue weighted by Gasteiger charge is 2.21. The molecule has 4 nitrogen and oxygen atoms in total. The Morgan fingerprint density at radius 1 is 1.08 bits per heavy atom. The first-order chi connectivity index (χ1) is 12.1. The topological polar surface area (TPSA) is 35.6 Å². The summed E-state index contributed by atoms with van der Waals surface area (Å²) in [5, 5.41) is 3.67. The average Bonchev–Trinajstić information content (AvgIpc) is 2.63. The maximum absolute atomic E-state index is 12.5. The fraction of sp³-hybridized carbons (Fsp3) is 0.350. The number of rotatable bonds is 4. The molecule has 1 N–H and O–H groups in total. The van der Waals surface area contributed by atoms with Gasteiger partial charge in [-0.1, -0.05) is 41.9 Å². The van der Waals surface area contributed by atoms with Crippen molar-refractivity contribution in [3.8, 4) is 0 Å². The third-order valence-corrected chi connectivity index (χ3v) is 4.88. The first kappa shape index (κ1) is 17.8. The number of hydrogen-bond donors (Lipinski definition) is 1. The Labute approximate surface area is 154 Å². The van der Waals surface area contributed by atoms with Gasteiger partial charge >= 0.3 is 6.03 Å². The molecule has 0 unspecified atom stereocenters. The van der Waals surface area contributed by atoms with Crippen molar-refractivity contribution in [2.45, 2.75) is 13.3 Å². The quantitative estimate of drug-likeness (QED) is 0.896. The summed E-state index contributed by atoms with van der Waals surface area (Å²) in [7, 11) is 0. The molecule has 0 bridgehead atoms. The van der Waals surface area contributed by atoms with Crippen LogP contribution in [0.4, 0.5) is 10.5 Å². The van der Waals surface area contributed by atoms with Crippen LogP contribution in [0.15, 0.2) is 48.5 Å². The van der Waals surface area contributed by atoms with Crippen LogP contribution in [0.5, 0.6) is 0 Å². The lowest BCUT2D eigenvalue weighted by Crippen LogP contribution is -2.50.